The molecule has 3 rings (SSSR count). The van der Waals surface area contributed by atoms with E-state index >= 15 is 0 Å². The van der Waals surface area contributed by atoms with E-state index < -0.39 is 21.8 Å². The van der Waals surface area contributed by atoms with Gasteiger partial charge in [-0.1, -0.05) is 17.4 Å². The molecule has 0 unspecified atom stereocenters. The van der Waals surface area contributed by atoms with E-state index in [1.54, 1.807) is 0 Å². The van der Waals surface area contributed by atoms with Crippen LogP contribution in [0.5, 0.6) is 0 Å². The number of hydrogen-bond acceptors (Lipinski definition) is 5. The van der Waals surface area contributed by atoms with E-state index in [-0.39, 0.29) is 16.2 Å². The van der Waals surface area contributed by atoms with E-state index in [9.17, 15) is 17.6 Å². The van der Waals surface area contributed by atoms with Gasteiger partial charge in [0.25, 0.3) is 10.0 Å². The number of benzene rings is 2. The van der Waals surface area contributed by atoms with Crippen LogP contribution in [0.3, 0.4) is 0 Å². The number of ether oxygens (including phenoxy) is 1. The van der Waals surface area contributed by atoms with Gasteiger partial charge in [0.1, 0.15) is 12.4 Å². The van der Waals surface area contributed by atoms with Crippen molar-refractivity contribution in [1.82, 2.24) is 4.57 Å². The van der Waals surface area contributed by atoms with E-state index in [0.717, 1.165) is 40.1 Å². The van der Waals surface area contributed by atoms with Crippen LogP contribution in [0.1, 0.15) is 11.1 Å². The predicted octanol–water partition coefficient (Wildman–Crippen LogP) is 2.92. The van der Waals surface area contributed by atoms with E-state index in [1.807, 2.05) is 26.0 Å². The first-order valence-corrected chi connectivity index (χ1v) is 10.2. The Morgan fingerprint density at radius 3 is 2.52 bits per heavy atom. The molecular weight excluding hydrogens is 391 g/mol. The second kappa shape index (κ2) is 7.24. The Labute approximate surface area is 159 Å². The standard InChI is InChI=1S/C18H17FN2O4S2/c1-11-8-12(2)17-15(9-11)21(10-16(22)25-3)18(26-17)20-27(23,24)14-6-4-13(19)5-7-14/h4-9H,10H2,1-3H3/b20-18-. The zero-order valence-electron chi connectivity index (χ0n) is 14.9. The molecule has 0 spiro atoms. The minimum absolute atomic E-state index is 0.126. The van der Waals surface area contributed by atoms with Crippen LogP contribution < -0.4 is 4.80 Å². The molecule has 27 heavy (non-hydrogen) atoms. The van der Waals surface area contributed by atoms with Crippen LogP contribution in [0.25, 0.3) is 10.2 Å². The molecule has 1 heterocycles. The molecule has 0 aliphatic heterocycles. The van der Waals surface area contributed by atoms with Crippen LogP contribution >= 0.6 is 11.3 Å². The molecule has 3 aromatic rings. The SMILES string of the molecule is COC(=O)Cn1/c(=N/S(=O)(=O)c2ccc(F)cc2)sc2c(C)cc(C)cc21. The summed E-state index contributed by atoms with van der Waals surface area (Å²) < 4.78 is 49.4. The number of halogens is 1. The Morgan fingerprint density at radius 1 is 1.22 bits per heavy atom. The van der Waals surface area contributed by atoms with Gasteiger partial charge in [-0.2, -0.15) is 8.42 Å². The number of thiazole rings is 1. The van der Waals surface area contributed by atoms with Crippen molar-refractivity contribution in [1.29, 1.82) is 0 Å². The maximum Gasteiger partial charge on any atom is 0.325 e. The molecule has 1 aromatic heterocycles. The van der Waals surface area contributed by atoms with E-state index in [0.29, 0.717) is 5.52 Å². The van der Waals surface area contributed by atoms with Crippen molar-refractivity contribution < 1.29 is 22.3 Å². The molecule has 0 amide bonds. The lowest BCUT2D eigenvalue weighted by molar-refractivity contribution is -0.141. The highest BCUT2D eigenvalue weighted by molar-refractivity contribution is 7.90. The predicted molar refractivity (Wildman–Crippen MR) is 100 cm³/mol. The molecule has 0 atom stereocenters. The highest BCUT2D eigenvalue weighted by Gasteiger charge is 2.17. The van der Waals surface area contributed by atoms with E-state index in [4.69, 9.17) is 4.74 Å². The number of carbonyl (C=O) groups is 1. The third-order valence-corrected chi connectivity index (χ3v) is 6.57. The number of rotatable bonds is 4. The number of methoxy groups -OCH3 is 1. The van der Waals surface area contributed by atoms with Crippen LogP contribution in [0.4, 0.5) is 4.39 Å². The van der Waals surface area contributed by atoms with Crippen molar-refractivity contribution in [3.8, 4) is 0 Å². The zero-order chi connectivity index (χ0) is 19.8. The number of nitrogens with zero attached hydrogens (tertiary/aromatic N) is 2. The van der Waals surface area contributed by atoms with Crippen molar-refractivity contribution in [3.63, 3.8) is 0 Å². The molecule has 0 aliphatic rings. The fourth-order valence-corrected chi connectivity index (χ4v) is 4.97. The molecule has 0 radical (unpaired) electrons. The first-order chi connectivity index (χ1) is 12.7. The summed E-state index contributed by atoms with van der Waals surface area (Å²) in [5, 5.41) is 0. The summed E-state index contributed by atoms with van der Waals surface area (Å²) in [6.45, 7) is 3.66. The van der Waals surface area contributed by atoms with Crippen LogP contribution in [0.15, 0.2) is 45.7 Å². The third-order valence-electron chi connectivity index (χ3n) is 3.94. The van der Waals surface area contributed by atoms with Gasteiger partial charge in [0.2, 0.25) is 4.80 Å². The highest BCUT2D eigenvalue weighted by atomic mass is 32.2. The minimum atomic E-state index is -4.07. The summed E-state index contributed by atoms with van der Waals surface area (Å²) in [6, 6.07) is 8.26. The minimum Gasteiger partial charge on any atom is -0.468 e. The van der Waals surface area contributed by atoms with Crippen molar-refractivity contribution in [2.24, 2.45) is 4.40 Å². The Bertz CT molecular complexity index is 1190. The van der Waals surface area contributed by atoms with Crippen molar-refractivity contribution in [2.75, 3.05) is 7.11 Å². The van der Waals surface area contributed by atoms with Crippen molar-refractivity contribution in [3.05, 3.63) is 58.1 Å². The Hall–Kier alpha value is -2.52. The molecule has 142 valence electrons. The summed E-state index contributed by atoms with van der Waals surface area (Å²) in [4.78, 5) is 11.9. The molecule has 0 N–H and O–H groups in total. The summed E-state index contributed by atoms with van der Waals surface area (Å²) in [6.07, 6.45) is 0. The van der Waals surface area contributed by atoms with Gasteiger partial charge in [-0.15, -0.1) is 4.40 Å². The lowest BCUT2D eigenvalue weighted by Crippen LogP contribution is -2.22. The topological polar surface area (TPSA) is 77.7 Å². The number of esters is 1. The fraction of sp³-hybridized carbons (Fsp3) is 0.222. The van der Waals surface area contributed by atoms with Crippen LogP contribution in [-0.2, 0) is 26.1 Å². The van der Waals surface area contributed by atoms with Crippen molar-refractivity contribution in [2.45, 2.75) is 25.3 Å². The quantitative estimate of drug-likeness (QED) is 0.622. The molecule has 0 fully saturated rings. The van der Waals surface area contributed by atoms with Gasteiger partial charge >= 0.3 is 5.97 Å². The summed E-state index contributed by atoms with van der Waals surface area (Å²) in [7, 11) is -2.81. The molecule has 9 heteroatoms. The number of sulfonamides is 1. The van der Waals surface area contributed by atoms with Gasteiger partial charge in [0.15, 0.2) is 0 Å². The van der Waals surface area contributed by atoms with Crippen LogP contribution in [0.2, 0.25) is 0 Å². The van der Waals surface area contributed by atoms with Crippen molar-refractivity contribution >= 4 is 37.5 Å². The van der Waals surface area contributed by atoms with Crippen LogP contribution in [0, 0.1) is 19.7 Å². The van der Waals surface area contributed by atoms with Gasteiger partial charge in [-0.3, -0.25) is 4.79 Å². The van der Waals surface area contributed by atoms with Crippen LogP contribution in [-0.4, -0.2) is 26.1 Å². The lowest BCUT2D eigenvalue weighted by atomic mass is 10.1. The van der Waals surface area contributed by atoms with E-state index in [2.05, 4.69) is 4.40 Å². The van der Waals surface area contributed by atoms with Gasteiger partial charge in [0.05, 0.1) is 22.2 Å². The Morgan fingerprint density at radius 2 is 1.89 bits per heavy atom. The average Bonchev–Trinajstić information content (AvgIpc) is 2.92. The smallest absolute Gasteiger partial charge is 0.325 e. The number of aromatic nitrogens is 1. The third kappa shape index (κ3) is 3.93. The van der Waals surface area contributed by atoms with Gasteiger partial charge < -0.3 is 9.30 Å². The summed E-state index contributed by atoms with van der Waals surface area (Å²) in [5.41, 5.74) is 2.63. The first kappa shape index (κ1) is 19.2. The zero-order valence-corrected chi connectivity index (χ0v) is 16.5. The second-order valence-electron chi connectivity index (χ2n) is 6.00. The Kier molecular flexibility index (Phi) is 5.16. The Balaban J connectivity index is 2.27. The maximum atomic E-state index is 13.1. The number of carbonyl (C=O) groups excluding carboxylic acids is 1. The average molecular weight is 408 g/mol. The molecule has 2 aromatic carbocycles. The summed E-state index contributed by atoms with van der Waals surface area (Å²) in [5.74, 6) is -1.06. The number of fused-ring (bicyclic) bond motifs is 1. The molecule has 0 saturated heterocycles. The molecule has 6 nitrogen and oxygen atoms in total. The monoisotopic (exact) mass is 408 g/mol. The highest BCUT2D eigenvalue weighted by Crippen LogP contribution is 2.24. The van der Waals surface area contributed by atoms with Gasteiger partial charge in [0, 0.05) is 0 Å². The summed E-state index contributed by atoms with van der Waals surface area (Å²) >= 11 is 1.17. The van der Waals surface area contributed by atoms with Gasteiger partial charge in [-0.05, 0) is 55.3 Å². The normalized spacial score (nSPS) is 12.5. The lowest BCUT2D eigenvalue weighted by Gasteiger charge is -2.05. The molecular formula is C18H17FN2O4S2. The molecule has 0 bridgehead atoms. The molecule has 0 saturated carbocycles. The van der Waals surface area contributed by atoms with Gasteiger partial charge in [-0.25, -0.2) is 4.39 Å². The number of hydrogen-bond donors (Lipinski definition) is 0. The van der Waals surface area contributed by atoms with E-state index in [1.165, 1.54) is 23.0 Å². The molecule has 0 aliphatic carbocycles. The fourth-order valence-electron chi connectivity index (χ4n) is 2.69. The second-order valence-corrected chi connectivity index (χ2v) is 8.58. The number of aryl methyl sites for hydroxylation is 2. The largest absolute Gasteiger partial charge is 0.468 e. The maximum absolute atomic E-state index is 13.1. The first-order valence-electron chi connectivity index (χ1n) is 7.95.